The normalized spacial score (nSPS) is 10.7. The number of benzene rings is 1. The Bertz CT molecular complexity index is 963. The first-order chi connectivity index (χ1) is 12.9. The lowest BCUT2D eigenvalue weighted by molar-refractivity contribution is 0.0955. The summed E-state index contributed by atoms with van der Waals surface area (Å²) in [5.41, 5.74) is 2.96. The minimum atomic E-state index is -0.0755. The number of imidazole rings is 1. The molecule has 27 heavy (non-hydrogen) atoms. The Hall–Kier alpha value is -3.22. The monoisotopic (exact) mass is 364 g/mol. The van der Waals surface area contributed by atoms with Gasteiger partial charge in [-0.05, 0) is 51.0 Å². The second kappa shape index (κ2) is 7.99. The van der Waals surface area contributed by atoms with Crippen molar-refractivity contribution in [3.8, 4) is 5.82 Å². The molecular formula is C20H24N6O. The first-order valence-corrected chi connectivity index (χ1v) is 8.89. The number of carbonyl (C=O) groups is 1. The average molecular weight is 364 g/mol. The highest BCUT2D eigenvalue weighted by molar-refractivity contribution is 5.94. The SMILES string of the molecule is Cc1nc(NCCNC(=O)c2ccc(C)c(C)c2)cc(-n2ccnc2C)n1. The van der Waals surface area contributed by atoms with E-state index < -0.39 is 0 Å². The minimum absolute atomic E-state index is 0.0755. The largest absolute Gasteiger partial charge is 0.368 e. The summed E-state index contributed by atoms with van der Waals surface area (Å²) in [6.45, 7) is 8.87. The van der Waals surface area contributed by atoms with Crippen molar-refractivity contribution >= 4 is 11.7 Å². The fraction of sp³-hybridized carbons (Fsp3) is 0.300. The number of hydrogen-bond donors (Lipinski definition) is 2. The number of nitrogens with one attached hydrogen (secondary N) is 2. The summed E-state index contributed by atoms with van der Waals surface area (Å²) < 4.78 is 1.90. The van der Waals surface area contributed by atoms with Crippen molar-refractivity contribution in [2.24, 2.45) is 0 Å². The number of aryl methyl sites for hydroxylation is 4. The Kier molecular flexibility index (Phi) is 5.49. The average Bonchev–Trinajstić information content (AvgIpc) is 3.06. The highest BCUT2D eigenvalue weighted by atomic mass is 16.1. The van der Waals surface area contributed by atoms with Crippen LogP contribution in [0.5, 0.6) is 0 Å². The van der Waals surface area contributed by atoms with Crippen LogP contribution in [0.4, 0.5) is 5.82 Å². The van der Waals surface area contributed by atoms with E-state index in [-0.39, 0.29) is 5.91 Å². The summed E-state index contributed by atoms with van der Waals surface area (Å²) in [5, 5.41) is 6.16. The third-order valence-corrected chi connectivity index (χ3v) is 4.38. The molecule has 0 bridgehead atoms. The Morgan fingerprint density at radius 1 is 1.04 bits per heavy atom. The van der Waals surface area contributed by atoms with E-state index in [1.54, 1.807) is 6.20 Å². The van der Waals surface area contributed by atoms with E-state index in [9.17, 15) is 4.79 Å². The molecule has 0 saturated heterocycles. The highest BCUT2D eigenvalue weighted by Crippen LogP contribution is 2.13. The van der Waals surface area contributed by atoms with Crippen LogP contribution in [0.15, 0.2) is 36.7 Å². The van der Waals surface area contributed by atoms with Gasteiger partial charge in [0.2, 0.25) is 0 Å². The number of carbonyl (C=O) groups excluding carboxylic acids is 1. The summed E-state index contributed by atoms with van der Waals surface area (Å²) in [6.07, 6.45) is 3.60. The van der Waals surface area contributed by atoms with Gasteiger partial charge < -0.3 is 10.6 Å². The molecule has 0 saturated carbocycles. The van der Waals surface area contributed by atoms with Crippen molar-refractivity contribution in [2.75, 3.05) is 18.4 Å². The van der Waals surface area contributed by atoms with E-state index in [4.69, 9.17) is 0 Å². The van der Waals surface area contributed by atoms with Gasteiger partial charge in [-0.25, -0.2) is 15.0 Å². The molecule has 1 amide bonds. The molecule has 0 atom stereocenters. The fourth-order valence-electron chi connectivity index (χ4n) is 2.74. The zero-order chi connectivity index (χ0) is 19.4. The van der Waals surface area contributed by atoms with Gasteiger partial charge in [-0.3, -0.25) is 9.36 Å². The fourth-order valence-corrected chi connectivity index (χ4v) is 2.74. The van der Waals surface area contributed by atoms with Crippen LogP contribution in [0.1, 0.15) is 33.1 Å². The second-order valence-electron chi connectivity index (χ2n) is 6.48. The maximum Gasteiger partial charge on any atom is 0.251 e. The van der Waals surface area contributed by atoms with Crippen LogP contribution in [0.3, 0.4) is 0 Å². The Morgan fingerprint density at radius 3 is 2.56 bits per heavy atom. The van der Waals surface area contributed by atoms with Crippen LogP contribution >= 0.6 is 0 Å². The second-order valence-corrected chi connectivity index (χ2v) is 6.48. The molecular weight excluding hydrogens is 340 g/mol. The maximum absolute atomic E-state index is 12.2. The van der Waals surface area contributed by atoms with E-state index in [1.165, 1.54) is 5.56 Å². The quantitative estimate of drug-likeness (QED) is 0.657. The zero-order valence-corrected chi connectivity index (χ0v) is 16.1. The van der Waals surface area contributed by atoms with Crippen LogP contribution < -0.4 is 10.6 Å². The van der Waals surface area contributed by atoms with Crippen molar-refractivity contribution in [1.29, 1.82) is 0 Å². The van der Waals surface area contributed by atoms with Gasteiger partial charge in [0, 0.05) is 37.1 Å². The van der Waals surface area contributed by atoms with E-state index in [0.717, 1.165) is 17.2 Å². The molecule has 0 aliphatic rings. The molecule has 3 aromatic rings. The van der Waals surface area contributed by atoms with Gasteiger partial charge in [0.05, 0.1) is 0 Å². The number of rotatable bonds is 6. The van der Waals surface area contributed by atoms with Gasteiger partial charge in [0.15, 0.2) is 0 Å². The van der Waals surface area contributed by atoms with Gasteiger partial charge in [0.1, 0.15) is 23.3 Å². The third kappa shape index (κ3) is 4.49. The van der Waals surface area contributed by atoms with Gasteiger partial charge in [-0.2, -0.15) is 0 Å². The lowest BCUT2D eigenvalue weighted by Crippen LogP contribution is -2.29. The summed E-state index contributed by atoms with van der Waals surface area (Å²) >= 11 is 0. The van der Waals surface area contributed by atoms with E-state index in [1.807, 2.05) is 62.7 Å². The summed E-state index contributed by atoms with van der Waals surface area (Å²) in [7, 11) is 0. The molecule has 2 heterocycles. The molecule has 3 rings (SSSR count). The predicted octanol–water partition coefficient (Wildman–Crippen LogP) is 2.74. The first kappa shape index (κ1) is 18.6. The molecule has 140 valence electrons. The van der Waals surface area contributed by atoms with Crippen LogP contribution in [0, 0.1) is 27.7 Å². The number of aromatic nitrogens is 4. The zero-order valence-electron chi connectivity index (χ0n) is 16.1. The number of amides is 1. The topological polar surface area (TPSA) is 84.7 Å². The summed E-state index contributed by atoms with van der Waals surface area (Å²) in [5.74, 6) is 2.93. The van der Waals surface area contributed by atoms with Gasteiger partial charge in [0.25, 0.3) is 5.91 Å². The van der Waals surface area contributed by atoms with Gasteiger partial charge in [-0.15, -0.1) is 0 Å². The van der Waals surface area contributed by atoms with Gasteiger partial charge >= 0.3 is 0 Å². The van der Waals surface area contributed by atoms with Crippen molar-refractivity contribution in [1.82, 2.24) is 24.8 Å². The molecule has 7 nitrogen and oxygen atoms in total. The Labute approximate surface area is 158 Å². The lowest BCUT2D eigenvalue weighted by Gasteiger charge is -2.11. The maximum atomic E-state index is 12.2. The van der Waals surface area contributed by atoms with Crippen molar-refractivity contribution < 1.29 is 4.79 Å². The van der Waals surface area contributed by atoms with Crippen molar-refractivity contribution in [2.45, 2.75) is 27.7 Å². The minimum Gasteiger partial charge on any atom is -0.368 e. The number of anilines is 1. The van der Waals surface area contributed by atoms with Crippen LogP contribution in [-0.4, -0.2) is 38.5 Å². The molecule has 0 aliphatic carbocycles. The molecule has 0 radical (unpaired) electrons. The molecule has 0 fully saturated rings. The van der Waals surface area contributed by atoms with Gasteiger partial charge in [-0.1, -0.05) is 6.07 Å². The Morgan fingerprint density at radius 2 is 1.85 bits per heavy atom. The number of hydrogen-bond acceptors (Lipinski definition) is 5. The molecule has 7 heteroatoms. The smallest absolute Gasteiger partial charge is 0.251 e. The van der Waals surface area contributed by atoms with E-state index >= 15 is 0 Å². The first-order valence-electron chi connectivity index (χ1n) is 8.89. The predicted molar refractivity (Wildman–Crippen MR) is 105 cm³/mol. The van der Waals surface area contributed by atoms with Crippen LogP contribution in [-0.2, 0) is 0 Å². The standard InChI is InChI=1S/C20H24N6O/c1-13-5-6-17(11-14(13)2)20(27)23-8-7-22-18-12-19(25-15(3)24-18)26-10-9-21-16(26)4/h5-6,9-12H,7-8H2,1-4H3,(H,23,27)(H,22,24,25). The van der Waals surface area contributed by atoms with Crippen LogP contribution in [0.25, 0.3) is 5.82 Å². The Balaban J connectivity index is 1.57. The van der Waals surface area contributed by atoms with E-state index in [0.29, 0.717) is 30.3 Å². The summed E-state index contributed by atoms with van der Waals surface area (Å²) in [4.78, 5) is 25.3. The molecule has 0 unspecified atom stereocenters. The molecule has 2 aromatic heterocycles. The molecule has 0 aliphatic heterocycles. The third-order valence-electron chi connectivity index (χ3n) is 4.38. The van der Waals surface area contributed by atoms with Crippen molar-refractivity contribution in [3.63, 3.8) is 0 Å². The lowest BCUT2D eigenvalue weighted by atomic mass is 10.1. The summed E-state index contributed by atoms with van der Waals surface area (Å²) in [6, 6.07) is 7.59. The molecule has 2 N–H and O–H groups in total. The van der Waals surface area contributed by atoms with E-state index in [2.05, 4.69) is 25.6 Å². The van der Waals surface area contributed by atoms with Crippen molar-refractivity contribution in [3.05, 3.63) is 65.0 Å². The van der Waals surface area contributed by atoms with Crippen LogP contribution in [0.2, 0.25) is 0 Å². The molecule has 0 spiro atoms. The highest BCUT2D eigenvalue weighted by Gasteiger charge is 2.08. The number of nitrogens with zero attached hydrogens (tertiary/aromatic N) is 4. The molecule has 1 aromatic carbocycles.